The molecule has 0 bridgehead atoms. The maximum Gasteiger partial charge on any atom is 0.187 e. The van der Waals surface area contributed by atoms with Crippen molar-refractivity contribution in [3.8, 4) is 0 Å². The van der Waals surface area contributed by atoms with Gasteiger partial charge in [-0.1, -0.05) is 48.0 Å². The van der Waals surface area contributed by atoms with E-state index in [9.17, 15) is 4.79 Å². The van der Waals surface area contributed by atoms with Crippen molar-refractivity contribution < 1.29 is 4.79 Å². The number of likely N-dealkylation sites (N-methyl/N-ethyl adjacent to an activating group) is 1. The lowest BCUT2D eigenvalue weighted by atomic mass is 10.0. The van der Waals surface area contributed by atoms with Crippen LogP contribution in [0.15, 0.2) is 66.4 Å². The van der Waals surface area contributed by atoms with E-state index in [0.717, 1.165) is 22.5 Å². The highest BCUT2D eigenvalue weighted by molar-refractivity contribution is 6.06. The third-order valence-corrected chi connectivity index (χ3v) is 3.70. The quantitative estimate of drug-likeness (QED) is 0.604. The van der Waals surface area contributed by atoms with Crippen LogP contribution in [0.25, 0.3) is 6.08 Å². The molecular weight excluding hydrogens is 258 g/mol. The Morgan fingerprint density at radius 1 is 1.05 bits per heavy atom. The van der Waals surface area contributed by atoms with Gasteiger partial charge in [0.05, 0.1) is 0 Å². The van der Waals surface area contributed by atoms with Gasteiger partial charge >= 0.3 is 0 Å². The molecule has 1 heterocycles. The molecule has 0 amide bonds. The van der Waals surface area contributed by atoms with Crippen molar-refractivity contribution in [2.75, 3.05) is 11.9 Å². The van der Waals surface area contributed by atoms with E-state index in [0.29, 0.717) is 0 Å². The molecule has 0 saturated heterocycles. The zero-order valence-electron chi connectivity index (χ0n) is 12.2. The van der Waals surface area contributed by atoms with E-state index in [-0.39, 0.29) is 5.78 Å². The second-order valence-electron chi connectivity index (χ2n) is 5.25. The number of anilines is 1. The van der Waals surface area contributed by atoms with E-state index >= 15 is 0 Å². The molecule has 0 saturated carbocycles. The molecule has 1 aliphatic rings. The first kappa shape index (κ1) is 13.4. The van der Waals surface area contributed by atoms with Crippen molar-refractivity contribution >= 4 is 17.5 Å². The number of carbonyl (C=O) groups excluding carboxylic acids is 1. The van der Waals surface area contributed by atoms with Crippen LogP contribution in [0.4, 0.5) is 5.69 Å². The minimum atomic E-state index is 0.0320. The number of rotatable bonds is 2. The van der Waals surface area contributed by atoms with Gasteiger partial charge in [-0.15, -0.1) is 0 Å². The summed E-state index contributed by atoms with van der Waals surface area (Å²) in [5.41, 5.74) is 5.00. The van der Waals surface area contributed by atoms with E-state index in [1.807, 2.05) is 67.4 Å². The number of allylic oxidation sites excluding steroid dienone is 2. The summed E-state index contributed by atoms with van der Waals surface area (Å²) >= 11 is 0. The van der Waals surface area contributed by atoms with Gasteiger partial charge in [-0.2, -0.15) is 0 Å². The number of hydrogen-bond acceptors (Lipinski definition) is 2. The SMILES string of the molecule is Cc1cccc(C(=O)/C=C2/C=Cc3ccccc3N2C)c1. The first-order valence-electron chi connectivity index (χ1n) is 6.99. The van der Waals surface area contributed by atoms with Crippen LogP contribution in [0.1, 0.15) is 21.5 Å². The lowest BCUT2D eigenvalue weighted by molar-refractivity contribution is 0.104. The first-order chi connectivity index (χ1) is 10.1. The minimum Gasteiger partial charge on any atom is -0.344 e. The molecule has 0 unspecified atom stereocenters. The van der Waals surface area contributed by atoms with Crippen molar-refractivity contribution in [3.63, 3.8) is 0 Å². The second kappa shape index (κ2) is 5.41. The maximum atomic E-state index is 12.4. The highest BCUT2D eigenvalue weighted by Gasteiger charge is 2.14. The molecular formula is C19H17NO. The highest BCUT2D eigenvalue weighted by atomic mass is 16.1. The molecule has 0 atom stereocenters. The summed E-state index contributed by atoms with van der Waals surface area (Å²) in [5.74, 6) is 0.0320. The summed E-state index contributed by atoms with van der Waals surface area (Å²) in [6.07, 6.45) is 5.72. The van der Waals surface area contributed by atoms with Gasteiger partial charge in [0.15, 0.2) is 5.78 Å². The van der Waals surface area contributed by atoms with Crippen LogP contribution in [-0.2, 0) is 0 Å². The van der Waals surface area contributed by atoms with Gasteiger partial charge < -0.3 is 4.90 Å². The van der Waals surface area contributed by atoms with Crippen molar-refractivity contribution in [2.45, 2.75) is 6.92 Å². The molecule has 3 rings (SSSR count). The molecule has 104 valence electrons. The van der Waals surface area contributed by atoms with Crippen molar-refractivity contribution in [2.24, 2.45) is 0 Å². The monoisotopic (exact) mass is 275 g/mol. The number of carbonyl (C=O) groups is 1. The summed E-state index contributed by atoms with van der Waals surface area (Å²) in [6.45, 7) is 1.99. The predicted octanol–water partition coefficient (Wildman–Crippen LogP) is 4.22. The maximum absolute atomic E-state index is 12.4. The third kappa shape index (κ3) is 2.65. The highest BCUT2D eigenvalue weighted by Crippen LogP contribution is 2.29. The van der Waals surface area contributed by atoms with Crippen LogP contribution in [0.5, 0.6) is 0 Å². The van der Waals surface area contributed by atoms with Crippen molar-refractivity contribution in [1.82, 2.24) is 0 Å². The second-order valence-corrected chi connectivity index (χ2v) is 5.25. The molecule has 2 heteroatoms. The topological polar surface area (TPSA) is 20.3 Å². The fourth-order valence-electron chi connectivity index (χ4n) is 2.52. The molecule has 2 nitrogen and oxygen atoms in total. The van der Waals surface area contributed by atoms with E-state index in [4.69, 9.17) is 0 Å². The molecule has 2 aromatic rings. The number of hydrogen-bond donors (Lipinski definition) is 0. The van der Waals surface area contributed by atoms with Crippen LogP contribution in [0.3, 0.4) is 0 Å². The summed E-state index contributed by atoms with van der Waals surface area (Å²) in [7, 11) is 1.98. The minimum absolute atomic E-state index is 0.0320. The molecule has 0 radical (unpaired) electrons. The molecule has 0 spiro atoms. The summed E-state index contributed by atoms with van der Waals surface area (Å²) < 4.78 is 0. The number of fused-ring (bicyclic) bond motifs is 1. The lowest BCUT2D eigenvalue weighted by Crippen LogP contribution is -2.19. The number of benzene rings is 2. The van der Waals surface area contributed by atoms with Gasteiger partial charge in [0.1, 0.15) is 0 Å². The fourth-order valence-corrected chi connectivity index (χ4v) is 2.52. The van der Waals surface area contributed by atoms with Crippen LogP contribution < -0.4 is 4.90 Å². The van der Waals surface area contributed by atoms with E-state index in [1.54, 1.807) is 6.08 Å². The van der Waals surface area contributed by atoms with Gasteiger partial charge in [-0.25, -0.2) is 0 Å². The molecule has 0 fully saturated rings. The fraction of sp³-hybridized carbons (Fsp3) is 0.105. The average Bonchev–Trinajstić information content (AvgIpc) is 2.50. The normalized spacial score (nSPS) is 15.1. The molecule has 1 aliphatic heterocycles. The standard InChI is InChI=1S/C19H17NO/c1-14-6-5-8-16(12-14)19(21)13-17-11-10-15-7-3-4-9-18(15)20(17)2/h3-13H,1-2H3/b17-13-. The van der Waals surface area contributed by atoms with Crippen molar-refractivity contribution in [1.29, 1.82) is 0 Å². The zero-order valence-corrected chi connectivity index (χ0v) is 12.2. The Labute approximate surface area is 125 Å². The molecule has 2 aromatic carbocycles. The zero-order chi connectivity index (χ0) is 14.8. The summed E-state index contributed by atoms with van der Waals surface area (Å²) in [5, 5.41) is 0. The van der Waals surface area contributed by atoms with Crippen LogP contribution in [0.2, 0.25) is 0 Å². The van der Waals surface area contributed by atoms with Crippen LogP contribution in [0, 0.1) is 6.92 Å². The first-order valence-corrected chi connectivity index (χ1v) is 6.99. The van der Waals surface area contributed by atoms with Gasteiger partial charge in [0.2, 0.25) is 0 Å². The number of para-hydroxylation sites is 1. The van der Waals surface area contributed by atoms with Crippen LogP contribution >= 0.6 is 0 Å². The Kier molecular flexibility index (Phi) is 3.44. The van der Waals surface area contributed by atoms with Gasteiger partial charge in [-0.05, 0) is 30.7 Å². The van der Waals surface area contributed by atoms with Gasteiger partial charge in [0.25, 0.3) is 0 Å². The number of ketones is 1. The van der Waals surface area contributed by atoms with Crippen LogP contribution in [-0.4, -0.2) is 12.8 Å². The molecule has 0 aromatic heterocycles. The lowest BCUT2D eigenvalue weighted by Gasteiger charge is -2.26. The van der Waals surface area contributed by atoms with Crippen molar-refractivity contribution in [3.05, 3.63) is 83.1 Å². The van der Waals surface area contributed by atoms with Gasteiger partial charge in [-0.3, -0.25) is 4.79 Å². The Morgan fingerprint density at radius 3 is 2.67 bits per heavy atom. The summed E-state index contributed by atoms with van der Waals surface area (Å²) in [6, 6.07) is 15.8. The Bertz CT molecular complexity index is 756. The van der Waals surface area contributed by atoms with E-state index in [1.165, 1.54) is 5.56 Å². The Hall–Kier alpha value is -2.61. The molecule has 0 aliphatic carbocycles. The largest absolute Gasteiger partial charge is 0.344 e. The van der Waals surface area contributed by atoms with E-state index < -0.39 is 0 Å². The molecule has 21 heavy (non-hydrogen) atoms. The number of nitrogens with zero attached hydrogens (tertiary/aromatic N) is 1. The summed E-state index contributed by atoms with van der Waals surface area (Å²) in [4.78, 5) is 14.4. The van der Waals surface area contributed by atoms with E-state index in [2.05, 4.69) is 12.1 Å². The Morgan fingerprint density at radius 2 is 1.86 bits per heavy atom. The molecule has 0 N–H and O–H groups in total. The Balaban J connectivity index is 1.93. The average molecular weight is 275 g/mol. The predicted molar refractivity (Wildman–Crippen MR) is 87.5 cm³/mol. The smallest absolute Gasteiger partial charge is 0.187 e. The van der Waals surface area contributed by atoms with Gasteiger partial charge in [0, 0.05) is 30.1 Å². The number of aryl methyl sites for hydroxylation is 1. The third-order valence-electron chi connectivity index (χ3n) is 3.70.